The van der Waals surface area contributed by atoms with Crippen LogP contribution >= 0.6 is 0 Å². The number of ether oxygens (including phenoxy) is 2. The Morgan fingerprint density at radius 2 is 2.42 bits per heavy atom. The number of furan rings is 1. The molecule has 0 amide bonds. The Balaban J connectivity index is 1.77. The van der Waals surface area contributed by atoms with E-state index in [4.69, 9.17) is 9.15 Å². The van der Waals surface area contributed by atoms with Crippen molar-refractivity contribution in [3.05, 3.63) is 23.7 Å². The molecule has 2 rings (SSSR count). The maximum Gasteiger partial charge on any atom is 0.373 e. The molecule has 0 aliphatic carbocycles. The zero-order chi connectivity index (χ0) is 13.7. The molecule has 1 saturated heterocycles. The maximum atomic E-state index is 11.3. The number of esters is 1. The molecule has 1 N–H and O–H groups in total. The molecule has 0 bridgehead atoms. The molecule has 19 heavy (non-hydrogen) atoms. The summed E-state index contributed by atoms with van der Waals surface area (Å²) >= 11 is 0. The molecule has 1 aromatic rings. The summed E-state index contributed by atoms with van der Waals surface area (Å²) in [5.74, 6) is 1.22. The number of carbonyl (C=O) groups is 1. The monoisotopic (exact) mass is 267 g/mol. The van der Waals surface area contributed by atoms with Crippen molar-refractivity contribution in [2.24, 2.45) is 5.92 Å². The third-order valence-corrected chi connectivity index (χ3v) is 3.47. The van der Waals surface area contributed by atoms with E-state index in [0.717, 1.165) is 38.4 Å². The van der Waals surface area contributed by atoms with E-state index in [-0.39, 0.29) is 11.8 Å². The van der Waals surface area contributed by atoms with Gasteiger partial charge >= 0.3 is 5.97 Å². The molecule has 1 aliphatic heterocycles. The third kappa shape index (κ3) is 3.81. The second kappa shape index (κ2) is 6.73. The minimum absolute atomic E-state index is 0.0840. The molecule has 5 nitrogen and oxygen atoms in total. The van der Waals surface area contributed by atoms with Crippen LogP contribution in [0.4, 0.5) is 0 Å². The van der Waals surface area contributed by atoms with Gasteiger partial charge in [0.05, 0.1) is 13.2 Å². The molecule has 106 valence electrons. The molecule has 0 aromatic carbocycles. The Kier molecular flexibility index (Phi) is 4.99. The second-order valence-corrected chi connectivity index (χ2v) is 4.89. The first-order valence-electron chi connectivity index (χ1n) is 6.70. The summed E-state index contributed by atoms with van der Waals surface area (Å²) in [6, 6.07) is 3.54. The molecule has 2 atom stereocenters. The highest BCUT2D eigenvalue weighted by Gasteiger charge is 2.17. The van der Waals surface area contributed by atoms with Crippen molar-refractivity contribution in [1.82, 2.24) is 5.32 Å². The molecular weight excluding hydrogens is 246 g/mol. The van der Waals surface area contributed by atoms with Crippen LogP contribution in [0.3, 0.4) is 0 Å². The predicted octanol–water partition coefficient (Wildman–Crippen LogP) is 2.14. The van der Waals surface area contributed by atoms with Crippen molar-refractivity contribution in [1.29, 1.82) is 0 Å². The summed E-state index contributed by atoms with van der Waals surface area (Å²) < 4.78 is 15.4. The molecule has 1 aliphatic rings. The van der Waals surface area contributed by atoms with E-state index in [2.05, 4.69) is 10.1 Å². The van der Waals surface area contributed by atoms with Gasteiger partial charge < -0.3 is 19.2 Å². The largest absolute Gasteiger partial charge is 0.463 e. The summed E-state index contributed by atoms with van der Waals surface area (Å²) in [6.07, 6.45) is 2.26. The van der Waals surface area contributed by atoms with Crippen LogP contribution in [0.2, 0.25) is 0 Å². The minimum Gasteiger partial charge on any atom is -0.463 e. The van der Waals surface area contributed by atoms with Crippen LogP contribution < -0.4 is 5.32 Å². The average molecular weight is 267 g/mol. The molecule has 0 saturated carbocycles. The number of rotatable bonds is 6. The SMILES string of the molecule is COC(=O)c1ccc(C(C)NCCC2CCOC2)o1. The van der Waals surface area contributed by atoms with Gasteiger partial charge in [0, 0.05) is 13.2 Å². The van der Waals surface area contributed by atoms with Crippen LogP contribution in [0.15, 0.2) is 16.5 Å². The summed E-state index contributed by atoms with van der Waals surface area (Å²) in [5, 5.41) is 3.39. The van der Waals surface area contributed by atoms with Crippen LogP contribution in [0.1, 0.15) is 42.1 Å². The highest BCUT2D eigenvalue weighted by molar-refractivity contribution is 5.86. The average Bonchev–Trinajstić information content (AvgIpc) is 3.08. The van der Waals surface area contributed by atoms with Crippen molar-refractivity contribution >= 4 is 5.97 Å². The van der Waals surface area contributed by atoms with Crippen molar-refractivity contribution in [2.75, 3.05) is 26.9 Å². The van der Waals surface area contributed by atoms with Gasteiger partial charge in [-0.2, -0.15) is 0 Å². The lowest BCUT2D eigenvalue weighted by Crippen LogP contribution is -2.21. The topological polar surface area (TPSA) is 60.7 Å². The predicted molar refractivity (Wildman–Crippen MR) is 70.0 cm³/mol. The lowest BCUT2D eigenvalue weighted by molar-refractivity contribution is 0.0562. The number of methoxy groups -OCH3 is 1. The van der Waals surface area contributed by atoms with E-state index in [1.807, 2.05) is 13.0 Å². The molecule has 0 spiro atoms. The van der Waals surface area contributed by atoms with Gasteiger partial charge in [-0.1, -0.05) is 0 Å². The summed E-state index contributed by atoms with van der Waals surface area (Å²) in [6.45, 7) is 4.71. The smallest absolute Gasteiger partial charge is 0.373 e. The van der Waals surface area contributed by atoms with Gasteiger partial charge in [-0.25, -0.2) is 4.79 Å². The standard InChI is InChI=1S/C14H21NO4/c1-10(15-7-5-11-6-8-18-9-11)12-3-4-13(19-12)14(16)17-2/h3-4,10-11,15H,5-9H2,1-2H3. The van der Waals surface area contributed by atoms with Crippen molar-refractivity contribution in [3.63, 3.8) is 0 Å². The van der Waals surface area contributed by atoms with Gasteiger partial charge in [0.1, 0.15) is 5.76 Å². The van der Waals surface area contributed by atoms with E-state index in [1.54, 1.807) is 6.07 Å². The molecule has 2 unspecified atom stereocenters. The first kappa shape index (κ1) is 14.1. The Labute approximate surface area is 113 Å². The first-order valence-corrected chi connectivity index (χ1v) is 6.70. The van der Waals surface area contributed by atoms with Crippen LogP contribution in [0.5, 0.6) is 0 Å². The normalized spacial score (nSPS) is 20.4. The quantitative estimate of drug-likeness (QED) is 0.800. The first-order chi connectivity index (χ1) is 9.20. The summed E-state index contributed by atoms with van der Waals surface area (Å²) in [7, 11) is 1.34. The van der Waals surface area contributed by atoms with Crippen LogP contribution in [-0.4, -0.2) is 32.8 Å². The van der Waals surface area contributed by atoms with Gasteiger partial charge in [-0.15, -0.1) is 0 Å². The maximum absolute atomic E-state index is 11.3. The van der Waals surface area contributed by atoms with E-state index in [1.165, 1.54) is 7.11 Å². The van der Waals surface area contributed by atoms with E-state index < -0.39 is 5.97 Å². The Hall–Kier alpha value is -1.33. The minimum atomic E-state index is -0.443. The van der Waals surface area contributed by atoms with Gasteiger partial charge in [-0.3, -0.25) is 0 Å². The number of carbonyl (C=O) groups excluding carboxylic acids is 1. The molecule has 1 fully saturated rings. The molecule has 5 heteroatoms. The lowest BCUT2D eigenvalue weighted by Gasteiger charge is -2.13. The fraction of sp³-hybridized carbons (Fsp3) is 0.643. The number of nitrogens with one attached hydrogen (secondary N) is 1. The second-order valence-electron chi connectivity index (χ2n) is 4.89. The Morgan fingerprint density at radius 1 is 1.58 bits per heavy atom. The van der Waals surface area contributed by atoms with Crippen LogP contribution in [-0.2, 0) is 9.47 Å². The highest BCUT2D eigenvalue weighted by Crippen LogP contribution is 2.19. The fourth-order valence-corrected chi connectivity index (χ4v) is 2.21. The molecular formula is C14H21NO4. The van der Waals surface area contributed by atoms with E-state index in [9.17, 15) is 4.79 Å². The Bertz CT molecular complexity index is 409. The zero-order valence-corrected chi connectivity index (χ0v) is 11.5. The summed E-state index contributed by atoms with van der Waals surface area (Å²) in [5.41, 5.74) is 0. The van der Waals surface area contributed by atoms with Crippen LogP contribution in [0, 0.1) is 5.92 Å². The number of hydrogen-bond donors (Lipinski definition) is 1. The lowest BCUT2D eigenvalue weighted by atomic mass is 10.1. The molecule has 2 heterocycles. The van der Waals surface area contributed by atoms with Gasteiger partial charge in [0.2, 0.25) is 5.76 Å². The molecule has 1 aromatic heterocycles. The van der Waals surface area contributed by atoms with E-state index in [0.29, 0.717) is 5.92 Å². The Morgan fingerprint density at radius 3 is 3.11 bits per heavy atom. The number of hydrogen-bond acceptors (Lipinski definition) is 5. The van der Waals surface area contributed by atoms with Crippen LogP contribution in [0.25, 0.3) is 0 Å². The van der Waals surface area contributed by atoms with Gasteiger partial charge in [0.25, 0.3) is 0 Å². The van der Waals surface area contributed by atoms with Gasteiger partial charge in [-0.05, 0) is 44.4 Å². The molecule has 0 radical (unpaired) electrons. The van der Waals surface area contributed by atoms with E-state index >= 15 is 0 Å². The van der Waals surface area contributed by atoms with Gasteiger partial charge in [0.15, 0.2) is 0 Å². The summed E-state index contributed by atoms with van der Waals surface area (Å²) in [4.78, 5) is 11.3. The zero-order valence-electron chi connectivity index (χ0n) is 11.5. The fourth-order valence-electron chi connectivity index (χ4n) is 2.21. The van der Waals surface area contributed by atoms with Crippen molar-refractivity contribution < 1.29 is 18.7 Å². The third-order valence-electron chi connectivity index (χ3n) is 3.47. The van der Waals surface area contributed by atoms with Crippen molar-refractivity contribution in [2.45, 2.75) is 25.8 Å². The highest BCUT2D eigenvalue weighted by atomic mass is 16.5. The van der Waals surface area contributed by atoms with Crippen molar-refractivity contribution in [3.8, 4) is 0 Å².